The molecule has 0 bridgehead atoms. The Hall–Kier alpha value is -1.72. The predicted octanol–water partition coefficient (Wildman–Crippen LogP) is 8.97. The minimum atomic E-state index is 0.660. The maximum Gasteiger partial charge on any atom is 0.0717 e. The van der Waals surface area contributed by atoms with Crippen LogP contribution in [0, 0.1) is 0 Å². The fraction of sp³-hybridized carbons (Fsp3) is 0.667. The normalized spacial score (nSPS) is 11.7. The van der Waals surface area contributed by atoms with Crippen LogP contribution in [0.1, 0.15) is 102 Å². The lowest BCUT2D eigenvalue weighted by molar-refractivity contribution is 0.0991. The zero-order valence-corrected chi connectivity index (χ0v) is 26.5. The van der Waals surface area contributed by atoms with Gasteiger partial charge in [-0.15, -0.1) is 0 Å². The van der Waals surface area contributed by atoms with Crippen LogP contribution in [-0.2, 0) is 22.7 Å². The summed E-state index contributed by atoms with van der Waals surface area (Å²) in [7, 11) is 4.42. The molecule has 226 valence electrons. The first-order valence-corrected chi connectivity index (χ1v) is 16.3. The zero-order chi connectivity index (χ0) is 28.7. The molecule has 0 atom stereocenters. The summed E-state index contributed by atoms with van der Waals surface area (Å²) in [5, 5.41) is 0. The lowest BCUT2D eigenvalue weighted by Crippen LogP contribution is -2.24. The summed E-state index contributed by atoms with van der Waals surface area (Å²) < 4.78 is 12.1. The highest BCUT2D eigenvalue weighted by molar-refractivity contribution is 5.64. The van der Waals surface area contributed by atoms with E-state index in [1.807, 2.05) is 0 Å². The standard InChI is InChI=1S/C36H60N2O2/c1-5-7-9-11-13-15-23-37(3)25-27-39-31-33-19-17-21-35(29-33)36-22-18-20-34(30-36)32-40-28-26-38(4)24-16-14-12-10-8-6-2/h17-22,29-30H,5-16,23-28,31-32H2,1-4H3. The second-order valence-electron chi connectivity index (χ2n) is 11.6. The van der Waals surface area contributed by atoms with Gasteiger partial charge >= 0.3 is 0 Å². The molecule has 0 aliphatic carbocycles. The Labute approximate surface area is 247 Å². The topological polar surface area (TPSA) is 24.9 Å². The Balaban J connectivity index is 1.64. The van der Waals surface area contributed by atoms with Crippen molar-refractivity contribution < 1.29 is 9.47 Å². The van der Waals surface area contributed by atoms with Crippen molar-refractivity contribution in [2.24, 2.45) is 0 Å². The van der Waals surface area contributed by atoms with Crippen molar-refractivity contribution in [3.8, 4) is 11.1 Å². The Kier molecular flexibility index (Phi) is 19.7. The van der Waals surface area contributed by atoms with E-state index in [1.165, 1.54) is 112 Å². The molecule has 0 N–H and O–H groups in total. The molecule has 0 aliphatic rings. The molecule has 0 spiro atoms. The van der Waals surface area contributed by atoms with Crippen LogP contribution in [0.2, 0.25) is 0 Å². The van der Waals surface area contributed by atoms with Crippen molar-refractivity contribution in [1.82, 2.24) is 9.80 Å². The molecule has 0 heterocycles. The van der Waals surface area contributed by atoms with Crippen LogP contribution in [0.4, 0.5) is 0 Å². The number of nitrogens with zero attached hydrogens (tertiary/aromatic N) is 2. The Morgan fingerprint density at radius 1 is 0.500 bits per heavy atom. The molecular weight excluding hydrogens is 492 g/mol. The summed E-state index contributed by atoms with van der Waals surface area (Å²) in [5.74, 6) is 0. The van der Waals surface area contributed by atoms with E-state index in [2.05, 4.69) is 86.3 Å². The van der Waals surface area contributed by atoms with Crippen molar-refractivity contribution in [3.05, 3.63) is 59.7 Å². The number of hydrogen-bond acceptors (Lipinski definition) is 4. The molecule has 0 amide bonds. The third kappa shape index (κ3) is 16.5. The van der Waals surface area contributed by atoms with Crippen LogP contribution < -0.4 is 0 Å². The van der Waals surface area contributed by atoms with E-state index >= 15 is 0 Å². The third-order valence-electron chi connectivity index (χ3n) is 7.75. The van der Waals surface area contributed by atoms with E-state index in [-0.39, 0.29) is 0 Å². The lowest BCUT2D eigenvalue weighted by atomic mass is 10.0. The van der Waals surface area contributed by atoms with Gasteiger partial charge < -0.3 is 19.3 Å². The molecule has 0 aromatic heterocycles. The van der Waals surface area contributed by atoms with Gasteiger partial charge in [-0.2, -0.15) is 0 Å². The molecule has 2 aromatic rings. The number of benzene rings is 2. The quantitative estimate of drug-likeness (QED) is 0.115. The highest BCUT2D eigenvalue weighted by Gasteiger charge is 2.04. The van der Waals surface area contributed by atoms with Crippen molar-refractivity contribution in [2.75, 3.05) is 53.5 Å². The van der Waals surface area contributed by atoms with Gasteiger partial charge in [0.05, 0.1) is 26.4 Å². The van der Waals surface area contributed by atoms with Gasteiger partial charge in [-0.3, -0.25) is 0 Å². The van der Waals surface area contributed by atoms with Crippen LogP contribution in [0.25, 0.3) is 11.1 Å². The monoisotopic (exact) mass is 552 g/mol. The average molecular weight is 553 g/mol. The van der Waals surface area contributed by atoms with E-state index in [0.717, 1.165) is 26.3 Å². The van der Waals surface area contributed by atoms with E-state index in [4.69, 9.17) is 9.47 Å². The molecule has 0 radical (unpaired) electrons. The molecule has 2 aromatic carbocycles. The van der Waals surface area contributed by atoms with Crippen molar-refractivity contribution in [3.63, 3.8) is 0 Å². The first kappa shape index (κ1) is 34.5. The van der Waals surface area contributed by atoms with E-state index in [9.17, 15) is 0 Å². The van der Waals surface area contributed by atoms with Crippen molar-refractivity contribution >= 4 is 0 Å². The van der Waals surface area contributed by atoms with Crippen LogP contribution in [0.3, 0.4) is 0 Å². The fourth-order valence-corrected chi connectivity index (χ4v) is 5.05. The molecule has 4 heteroatoms. The summed E-state index contributed by atoms with van der Waals surface area (Å²) in [4.78, 5) is 4.80. The van der Waals surface area contributed by atoms with E-state index in [0.29, 0.717) is 13.2 Å². The molecule has 2 rings (SSSR count). The smallest absolute Gasteiger partial charge is 0.0717 e. The van der Waals surface area contributed by atoms with Gasteiger partial charge in [0.15, 0.2) is 0 Å². The number of rotatable bonds is 25. The highest BCUT2D eigenvalue weighted by atomic mass is 16.5. The number of likely N-dealkylation sites (N-methyl/N-ethyl adjacent to an activating group) is 2. The lowest BCUT2D eigenvalue weighted by Gasteiger charge is -2.17. The Morgan fingerprint density at radius 3 is 1.32 bits per heavy atom. The molecule has 0 saturated carbocycles. The van der Waals surface area contributed by atoms with Crippen molar-refractivity contribution in [1.29, 1.82) is 0 Å². The molecule has 0 aliphatic heterocycles. The molecule has 4 nitrogen and oxygen atoms in total. The summed E-state index contributed by atoms with van der Waals surface area (Å²) in [6.07, 6.45) is 16.2. The first-order valence-electron chi connectivity index (χ1n) is 16.3. The maximum atomic E-state index is 6.03. The minimum absolute atomic E-state index is 0.660. The van der Waals surface area contributed by atoms with Crippen LogP contribution in [0.5, 0.6) is 0 Å². The number of unbranched alkanes of at least 4 members (excludes halogenated alkanes) is 10. The molecular formula is C36H60N2O2. The Bertz CT molecular complexity index is 800. The van der Waals surface area contributed by atoms with Gasteiger partial charge in [0.1, 0.15) is 0 Å². The van der Waals surface area contributed by atoms with Gasteiger partial charge in [0, 0.05) is 13.1 Å². The van der Waals surface area contributed by atoms with E-state index < -0.39 is 0 Å². The first-order chi connectivity index (χ1) is 19.6. The van der Waals surface area contributed by atoms with Crippen LogP contribution >= 0.6 is 0 Å². The largest absolute Gasteiger partial charge is 0.375 e. The summed E-state index contributed by atoms with van der Waals surface area (Å²) in [6, 6.07) is 17.5. The maximum absolute atomic E-state index is 6.03. The highest BCUT2D eigenvalue weighted by Crippen LogP contribution is 2.22. The second kappa shape index (κ2) is 22.9. The van der Waals surface area contributed by atoms with Crippen LogP contribution in [0.15, 0.2) is 48.5 Å². The van der Waals surface area contributed by atoms with Gasteiger partial charge in [-0.1, -0.05) is 114 Å². The third-order valence-corrected chi connectivity index (χ3v) is 7.75. The van der Waals surface area contributed by atoms with Crippen molar-refractivity contribution in [2.45, 2.75) is 104 Å². The van der Waals surface area contributed by atoms with Gasteiger partial charge in [-0.05, 0) is 74.4 Å². The molecule has 0 fully saturated rings. The number of hydrogen-bond donors (Lipinski definition) is 0. The van der Waals surface area contributed by atoms with Crippen LogP contribution in [-0.4, -0.2) is 63.3 Å². The number of ether oxygens (including phenoxy) is 2. The summed E-state index contributed by atoms with van der Waals surface area (Å²) in [5.41, 5.74) is 4.93. The molecule has 40 heavy (non-hydrogen) atoms. The Morgan fingerprint density at radius 2 is 0.900 bits per heavy atom. The van der Waals surface area contributed by atoms with E-state index in [1.54, 1.807) is 0 Å². The molecule has 0 unspecified atom stereocenters. The molecule has 0 saturated heterocycles. The predicted molar refractivity (Wildman–Crippen MR) is 173 cm³/mol. The average Bonchev–Trinajstić information content (AvgIpc) is 2.97. The zero-order valence-electron chi connectivity index (χ0n) is 26.5. The SMILES string of the molecule is CCCCCCCCN(C)CCOCc1cccc(-c2cccc(COCCN(C)CCCCCCCC)c2)c1. The van der Waals surface area contributed by atoms with Gasteiger partial charge in [0.2, 0.25) is 0 Å². The summed E-state index contributed by atoms with van der Waals surface area (Å²) in [6.45, 7) is 11.7. The fourth-order valence-electron chi connectivity index (χ4n) is 5.05. The summed E-state index contributed by atoms with van der Waals surface area (Å²) >= 11 is 0. The second-order valence-corrected chi connectivity index (χ2v) is 11.6. The minimum Gasteiger partial charge on any atom is -0.375 e. The van der Waals surface area contributed by atoms with Gasteiger partial charge in [0.25, 0.3) is 0 Å². The van der Waals surface area contributed by atoms with Gasteiger partial charge in [-0.25, -0.2) is 0 Å².